The number of piperazine rings is 1. The molecule has 0 saturated carbocycles. The van der Waals surface area contributed by atoms with Crippen LogP contribution in [0.3, 0.4) is 0 Å². The van der Waals surface area contributed by atoms with Crippen molar-refractivity contribution in [3.8, 4) is 11.3 Å². The number of hydrogen-bond donors (Lipinski definition) is 0. The molecule has 1 fully saturated rings. The standard InChI is InChI=1S/C22H28ClN7O/c1-15(2)29-10-9-28(13-16(29)3)19-11-21(31)30(24-12-19)14-20-22(25-26-27(20)4)17-5-7-18(23)8-6-17/h5-8,11-12,15-16H,9-10,13-14H2,1-4H3/t16-/m0/s1. The van der Waals surface area contributed by atoms with E-state index in [4.69, 9.17) is 11.6 Å². The molecular weight excluding hydrogens is 414 g/mol. The number of aryl methyl sites for hydroxylation is 1. The molecule has 3 aromatic rings. The van der Waals surface area contributed by atoms with Crippen LogP contribution in [-0.4, -0.2) is 61.4 Å². The number of halogens is 1. The summed E-state index contributed by atoms with van der Waals surface area (Å²) in [5, 5.41) is 13.5. The third-order valence-corrected chi connectivity index (χ3v) is 6.17. The van der Waals surface area contributed by atoms with Crippen molar-refractivity contribution in [1.29, 1.82) is 0 Å². The summed E-state index contributed by atoms with van der Waals surface area (Å²) in [4.78, 5) is 17.6. The molecule has 9 heteroatoms. The molecule has 0 bridgehead atoms. The van der Waals surface area contributed by atoms with E-state index in [0.717, 1.165) is 42.3 Å². The summed E-state index contributed by atoms with van der Waals surface area (Å²) in [7, 11) is 1.82. The number of nitrogens with zero attached hydrogens (tertiary/aromatic N) is 7. The fourth-order valence-electron chi connectivity index (χ4n) is 4.22. The molecule has 0 unspecified atom stereocenters. The molecule has 1 aromatic carbocycles. The van der Waals surface area contributed by atoms with Crippen molar-refractivity contribution in [3.63, 3.8) is 0 Å². The molecule has 1 atom stereocenters. The predicted molar refractivity (Wildman–Crippen MR) is 123 cm³/mol. The second-order valence-corrected chi connectivity index (χ2v) is 8.79. The van der Waals surface area contributed by atoms with Gasteiger partial charge in [-0.3, -0.25) is 9.69 Å². The second kappa shape index (κ2) is 8.80. The highest BCUT2D eigenvalue weighted by molar-refractivity contribution is 6.30. The third kappa shape index (κ3) is 4.50. The SMILES string of the molecule is CC(C)N1CCN(c2cnn(Cc3c(-c4ccc(Cl)cc4)nnn3C)c(=O)c2)C[C@@H]1C. The van der Waals surface area contributed by atoms with Gasteiger partial charge in [0.25, 0.3) is 5.56 Å². The van der Waals surface area contributed by atoms with Crippen LogP contribution >= 0.6 is 11.6 Å². The van der Waals surface area contributed by atoms with Crippen LogP contribution in [0.5, 0.6) is 0 Å². The van der Waals surface area contributed by atoms with Gasteiger partial charge >= 0.3 is 0 Å². The number of benzene rings is 1. The van der Waals surface area contributed by atoms with Gasteiger partial charge in [-0.05, 0) is 32.9 Å². The molecule has 0 amide bonds. The first kappa shape index (κ1) is 21.5. The first-order chi connectivity index (χ1) is 14.8. The summed E-state index contributed by atoms with van der Waals surface area (Å²) in [5.74, 6) is 0. The first-order valence-electron chi connectivity index (χ1n) is 10.6. The molecule has 1 aliphatic heterocycles. The molecule has 164 valence electrons. The molecule has 31 heavy (non-hydrogen) atoms. The zero-order chi connectivity index (χ0) is 22.1. The smallest absolute Gasteiger partial charge is 0.269 e. The van der Waals surface area contributed by atoms with Gasteiger partial charge in [-0.1, -0.05) is 28.9 Å². The number of hydrogen-bond acceptors (Lipinski definition) is 6. The van der Waals surface area contributed by atoms with Crippen LogP contribution in [0.1, 0.15) is 26.5 Å². The van der Waals surface area contributed by atoms with Crippen LogP contribution in [0.4, 0.5) is 5.69 Å². The molecular formula is C22H28ClN7O. The largest absolute Gasteiger partial charge is 0.367 e. The highest BCUT2D eigenvalue weighted by atomic mass is 35.5. The highest BCUT2D eigenvalue weighted by Gasteiger charge is 2.26. The minimum atomic E-state index is -0.139. The van der Waals surface area contributed by atoms with Crippen LogP contribution in [0.2, 0.25) is 5.02 Å². The van der Waals surface area contributed by atoms with E-state index in [9.17, 15) is 4.79 Å². The fourth-order valence-corrected chi connectivity index (χ4v) is 4.34. The number of rotatable bonds is 5. The van der Waals surface area contributed by atoms with E-state index in [2.05, 4.69) is 46.0 Å². The second-order valence-electron chi connectivity index (χ2n) is 8.35. The van der Waals surface area contributed by atoms with Crippen molar-refractivity contribution >= 4 is 17.3 Å². The van der Waals surface area contributed by atoms with Crippen molar-refractivity contribution in [2.45, 2.75) is 39.4 Å². The third-order valence-electron chi connectivity index (χ3n) is 5.92. The lowest BCUT2D eigenvalue weighted by Crippen LogP contribution is -2.54. The summed E-state index contributed by atoms with van der Waals surface area (Å²) in [5.41, 5.74) is 3.16. The Kier molecular flexibility index (Phi) is 6.11. The van der Waals surface area contributed by atoms with Crippen molar-refractivity contribution in [2.75, 3.05) is 24.5 Å². The zero-order valence-corrected chi connectivity index (χ0v) is 19.1. The maximum atomic E-state index is 12.9. The monoisotopic (exact) mass is 441 g/mol. The van der Waals surface area contributed by atoms with Gasteiger partial charge in [0.1, 0.15) is 5.69 Å². The van der Waals surface area contributed by atoms with Gasteiger partial charge in [-0.25, -0.2) is 9.36 Å². The van der Waals surface area contributed by atoms with E-state index in [1.54, 1.807) is 16.9 Å². The van der Waals surface area contributed by atoms with Crippen LogP contribution in [0.15, 0.2) is 41.3 Å². The Morgan fingerprint density at radius 3 is 2.58 bits per heavy atom. The molecule has 0 spiro atoms. The summed E-state index contributed by atoms with van der Waals surface area (Å²) >= 11 is 6.00. The molecule has 1 saturated heterocycles. The van der Waals surface area contributed by atoms with E-state index in [1.807, 2.05) is 31.3 Å². The lowest BCUT2D eigenvalue weighted by Gasteiger charge is -2.42. The topological polar surface area (TPSA) is 72.1 Å². The maximum Gasteiger partial charge on any atom is 0.269 e. The lowest BCUT2D eigenvalue weighted by molar-refractivity contribution is 0.148. The Labute approximate surface area is 187 Å². The minimum Gasteiger partial charge on any atom is -0.367 e. The molecule has 1 aliphatic rings. The predicted octanol–water partition coefficient (Wildman–Crippen LogP) is 2.66. The van der Waals surface area contributed by atoms with E-state index in [0.29, 0.717) is 17.1 Å². The van der Waals surface area contributed by atoms with Crippen molar-refractivity contribution in [3.05, 3.63) is 57.6 Å². The van der Waals surface area contributed by atoms with Crippen molar-refractivity contribution in [1.82, 2.24) is 29.7 Å². The summed E-state index contributed by atoms with van der Waals surface area (Å²) in [6.45, 7) is 9.72. The Bertz CT molecular complexity index is 1110. The molecule has 3 heterocycles. The average Bonchev–Trinajstić information content (AvgIpc) is 3.10. The van der Waals surface area contributed by atoms with Gasteiger partial charge < -0.3 is 4.90 Å². The first-order valence-corrected chi connectivity index (χ1v) is 10.9. The van der Waals surface area contributed by atoms with Crippen LogP contribution in [0.25, 0.3) is 11.3 Å². The van der Waals surface area contributed by atoms with Gasteiger partial charge in [-0.15, -0.1) is 5.10 Å². The molecule has 4 rings (SSSR count). The number of anilines is 1. The average molecular weight is 442 g/mol. The van der Waals surface area contributed by atoms with Gasteiger partial charge in [0.15, 0.2) is 0 Å². The number of aromatic nitrogens is 5. The van der Waals surface area contributed by atoms with Crippen LogP contribution in [0, 0.1) is 0 Å². The summed E-state index contributed by atoms with van der Waals surface area (Å²) in [6.07, 6.45) is 1.78. The van der Waals surface area contributed by atoms with E-state index in [-0.39, 0.29) is 12.1 Å². The van der Waals surface area contributed by atoms with Gasteiger partial charge in [0, 0.05) is 55.4 Å². The van der Waals surface area contributed by atoms with Crippen LogP contribution < -0.4 is 10.5 Å². The minimum absolute atomic E-state index is 0.139. The molecule has 0 radical (unpaired) electrons. The Morgan fingerprint density at radius 2 is 1.94 bits per heavy atom. The quantitative estimate of drug-likeness (QED) is 0.606. The summed E-state index contributed by atoms with van der Waals surface area (Å²) in [6, 6.07) is 10.0. The Balaban J connectivity index is 1.55. The lowest BCUT2D eigenvalue weighted by atomic mass is 10.1. The Hall–Kier alpha value is -2.71. The van der Waals surface area contributed by atoms with E-state index < -0.39 is 0 Å². The van der Waals surface area contributed by atoms with E-state index in [1.165, 1.54) is 4.68 Å². The van der Waals surface area contributed by atoms with Gasteiger partial charge in [-0.2, -0.15) is 5.10 Å². The maximum absolute atomic E-state index is 12.9. The van der Waals surface area contributed by atoms with Crippen molar-refractivity contribution in [2.24, 2.45) is 7.05 Å². The van der Waals surface area contributed by atoms with E-state index >= 15 is 0 Å². The normalized spacial score (nSPS) is 17.5. The van der Waals surface area contributed by atoms with Gasteiger partial charge in [0.2, 0.25) is 0 Å². The van der Waals surface area contributed by atoms with Gasteiger partial charge in [0.05, 0.1) is 24.1 Å². The van der Waals surface area contributed by atoms with Crippen LogP contribution in [-0.2, 0) is 13.6 Å². The molecule has 2 aromatic heterocycles. The molecule has 0 aliphatic carbocycles. The Morgan fingerprint density at radius 1 is 1.19 bits per heavy atom. The molecule has 8 nitrogen and oxygen atoms in total. The molecule has 0 N–H and O–H groups in total. The highest BCUT2D eigenvalue weighted by Crippen LogP contribution is 2.23. The van der Waals surface area contributed by atoms with Crippen molar-refractivity contribution < 1.29 is 0 Å². The fraction of sp³-hybridized carbons (Fsp3) is 0.455. The zero-order valence-electron chi connectivity index (χ0n) is 18.4. The summed E-state index contributed by atoms with van der Waals surface area (Å²) < 4.78 is 3.13.